The van der Waals surface area contributed by atoms with E-state index in [1.165, 1.54) is 11.3 Å². The Hall–Kier alpha value is -2.40. The Balaban J connectivity index is 2.16. The third-order valence-corrected chi connectivity index (χ3v) is 4.92. The predicted octanol–water partition coefficient (Wildman–Crippen LogP) is 3.61. The van der Waals surface area contributed by atoms with Crippen LogP contribution >= 0.6 is 11.3 Å². The number of aromatic nitrogens is 1. The smallest absolute Gasteiger partial charge is 0.279 e. The minimum absolute atomic E-state index is 0.215. The topological polar surface area (TPSA) is 43.6 Å². The molecule has 5 heteroatoms. The Morgan fingerprint density at radius 3 is 2.74 bits per heavy atom. The molecule has 0 unspecified atom stereocenters. The second-order valence-corrected chi connectivity index (χ2v) is 6.50. The molecule has 0 N–H and O–H groups in total. The van der Waals surface area contributed by atoms with Gasteiger partial charge in [-0.25, -0.2) is 0 Å². The second-order valence-electron chi connectivity index (χ2n) is 5.49. The molecule has 2 aromatic carbocycles. The van der Waals surface area contributed by atoms with E-state index in [0.717, 1.165) is 27.1 Å². The monoisotopic (exact) mass is 326 g/mol. The number of carbonyl (C=O) groups excluding carboxylic acids is 1. The van der Waals surface area contributed by atoms with Crippen molar-refractivity contribution in [3.8, 4) is 5.75 Å². The maximum atomic E-state index is 12.6. The number of carbonyl (C=O) groups is 1. The van der Waals surface area contributed by atoms with Crippen LogP contribution in [0.15, 0.2) is 41.4 Å². The quantitative estimate of drug-likeness (QED) is 0.722. The zero-order valence-electron chi connectivity index (χ0n) is 13.6. The van der Waals surface area contributed by atoms with Gasteiger partial charge in [-0.2, -0.15) is 4.99 Å². The summed E-state index contributed by atoms with van der Waals surface area (Å²) in [7, 11) is 3.54. The van der Waals surface area contributed by atoms with E-state index in [-0.39, 0.29) is 5.91 Å². The van der Waals surface area contributed by atoms with Gasteiger partial charge in [0.2, 0.25) is 0 Å². The van der Waals surface area contributed by atoms with Crippen LogP contribution in [0.1, 0.15) is 21.5 Å². The Morgan fingerprint density at radius 1 is 1.22 bits per heavy atom. The molecule has 3 aromatic rings. The lowest BCUT2D eigenvalue weighted by atomic mass is 10.1. The molecule has 0 aliphatic heterocycles. The first-order valence-corrected chi connectivity index (χ1v) is 8.11. The van der Waals surface area contributed by atoms with Gasteiger partial charge in [0.15, 0.2) is 4.80 Å². The van der Waals surface area contributed by atoms with Gasteiger partial charge < -0.3 is 9.30 Å². The predicted molar refractivity (Wildman–Crippen MR) is 93.2 cm³/mol. The van der Waals surface area contributed by atoms with Crippen LogP contribution < -0.4 is 9.54 Å². The van der Waals surface area contributed by atoms with Crippen LogP contribution in [0.3, 0.4) is 0 Å². The molecular weight excluding hydrogens is 308 g/mol. The molecule has 0 spiro atoms. The van der Waals surface area contributed by atoms with Crippen molar-refractivity contribution in [3.63, 3.8) is 0 Å². The highest BCUT2D eigenvalue weighted by molar-refractivity contribution is 7.16. The van der Waals surface area contributed by atoms with E-state index in [1.807, 2.05) is 61.9 Å². The molecule has 1 aromatic heterocycles. The van der Waals surface area contributed by atoms with Gasteiger partial charge in [-0.15, -0.1) is 0 Å². The molecular formula is C18H18N2O2S. The fourth-order valence-electron chi connectivity index (χ4n) is 2.55. The highest BCUT2D eigenvalue weighted by Crippen LogP contribution is 2.26. The number of thiazole rings is 1. The van der Waals surface area contributed by atoms with Gasteiger partial charge in [-0.1, -0.05) is 35.1 Å². The fraction of sp³-hybridized carbons (Fsp3) is 0.222. The van der Waals surface area contributed by atoms with E-state index in [1.54, 1.807) is 7.11 Å². The number of nitrogens with zero attached hydrogens (tertiary/aromatic N) is 2. The fourth-order valence-corrected chi connectivity index (χ4v) is 3.59. The average Bonchev–Trinajstić information content (AvgIpc) is 2.86. The van der Waals surface area contributed by atoms with Crippen LogP contribution in [-0.2, 0) is 7.05 Å². The van der Waals surface area contributed by atoms with Gasteiger partial charge in [-0.3, -0.25) is 4.79 Å². The van der Waals surface area contributed by atoms with Crippen LogP contribution in [0.5, 0.6) is 5.75 Å². The van der Waals surface area contributed by atoms with Crippen LogP contribution in [0.4, 0.5) is 0 Å². The first kappa shape index (κ1) is 15.5. The standard InChI is InChI=1S/C18H18N2O2S/c1-11-8-9-12(2)13(10-11)17(21)19-18-20(3)16-14(22-4)6-5-7-15(16)23-18/h5-10H,1-4H3. The van der Waals surface area contributed by atoms with Crippen molar-refractivity contribution in [1.82, 2.24) is 4.57 Å². The summed E-state index contributed by atoms with van der Waals surface area (Å²) in [4.78, 5) is 17.6. The molecule has 118 valence electrons. The molecule has 0 aliphatic carbocycles. The van der Waals surface area contributed by atoms with Gasteiger partial charge in [0, 0.05) is 12.6 Å². The molecule has 4 nitrogen and oxygen atoms in total. The van der Waals surface area contributed by atoms with Gasteiger partial charge >= 0.3 is 0 Å². The minimum atomic E-state index is -0.215. The number of methoxy groups -OCH3 is 1. The molecule has 1 amide bonds. The second kappa shape index (κ2) is 6.01. The summed E-state index contributed by atoms with van der Waals surface area (Å²) >= 11 is 1.48. The van der Waals surface area contributed by atoms with Crippen molar-refractivity contribution in [2.45, 2.75) is 13.8 Å². The molecule has 0 bridgehead atoms. The summed E-state index contributed by atoms with van der Waals surface area (Å²) in [6.45, 7) is 3.90. The van der Waals surface area contributed by atoms with Gasteiger partial charge in [0.05, 0.1) is 11.8 Å². The largest absolute Gasteiger partial charge is 0.495 e. The zero-order valence-corrected chi connectivity index (χ0v) is 14.4. The number of hydrogen-bond acceptors (Lipinski definition) is 3. The number of benzene rings is 2. The Morgan fingerprint density at radius 2 is 2.00 bits per heavy atom. The summed E-state index contributed by atoms with van der Waals surface area (Å²) in [5.41, 5.74) is 3.59. The van der Waals surface area contributed by atoms with Crippen molar-refractivity contribution < 1.29 is 9.53 Å². The minimum Gasteiger partial charge on any atom is -0.495 e. The van der Waals surface area contributed by atoms with E-state index in [4.69, 9.17) is 4.74 Å². The van der Waals surface area contributed by atoms with E-state index in [0.29, 0.717) is 10.4 Å². The lowest BCUT2D eigenvalue weighted by Gasteiger charge is -2.04. The number of fused-ring (bicyclic) bond motifs is 1. The molecule has 0 radical (unpaired) electrons. The highest BCUT2D eigenvalue weighted by Gasteiger charge is 2.12. The van der Waals surface area contributed by atoms with Crippen molar-refractivity contribution in [2.24, 2.45) is 12.0 Å². The van der Waals surface area contributed by atoms with Crippen molar-refractivity contribution >= 4 is 27.5 Å². The SMILES string of the molecule is COc1cccc2sc(=NC(=O)c3cc(C)ccc3C)n(C)c12. The van der Waals surface area contributed by atoms with Crippen LogP contribution in [0.25, 0.3) is 10.2 Å². The van der Waals surface area contributed by atoms with E-state index in [9.17, 15) is 4.79 Å². The average molecular weight is 326 g/mol. The number of aryl methyl sites for hydroxylation is 3. The van der Waals surface area contributed by atoms with Crippen LogP contribution in [0, 0.1) is 13.8 Å². The maximum absolute atomic E-state index is 12.6. The number of hydrogen-bond donors (Lipinski definition) is 0. The molecule has 1 heterocycles. The zero-order chi connectivity index (χ0) is 16.6. The lowest BCUT2D eigenvalue weighted by Crippen LogP contribution is -2.14. The highest BCUT2D eigenvalue weighted by atomic mass is 32.1. The van der Waals surface area contributed by atoms with Crippen molar-refractivity contribution in [2.75, 3.05) is 7.11 Å². The first-order chi connectivity index (χ1) is 11.0. The van der Waals surface area contributed by atoms with Crippen molar-refractivity contribution in [1.29, 1.82) is 0 Å². The van der Waals surface area contributed by atoms with Gasteiger partial charge in [-0.05, 0) is 37.6 Å². The molecule has 0 saturated carbocycles. The molecule has 0 aliphatic rings. The number of rotatable bonds is 2. The van der Waals surface area contributed by atoms with Crippen LogP contribution in [-0.4, -0.2) is 17.6 Å². The van der Waals surface area contributed by atoms with Crippen LogP contribution in [0.2, 0.25) is 0 Å². The van der Waals surface area contributed by atoms with E-state index in [2.05, 4.69) is 4.99 Å². The molecule has 3 rings (SSSR count). The summed E-state index contributed by atoms with van der Waals surface area (Å²) < 4.78 is 8.35. The molecule has 0 atom stereocenters. The van der Waals surface area contributed by atoms with E-state index >= 15 is 0 Å². The summed E-state index contributed by atoms with van der Waals surface area (Å²) in [6, 6.07) is 11.7. The molecule has 0 fully saturated rings. The van der Waals surface area contributed by atoms with E-state index < -0.39 is 0 Å². The number of para-hydroxylation sites is 1. The van der Waals surface area contributed by atoms with Crippen molar-refractivity contribution in [3.05, 3.63) is 57.9 Å². The van der Waals surface area contributed by atoms with Gasteiger partial charge in [0.25, 0.3) is 5.91 Å². The lowest BCUT2D eigenvalue weighted by molar-refractivity contribution is 0.0997. The summed E-state index contributed by atoms with van der Waals surface area (Å²) in [5, 5.41) is 0. The third kappa shape index (κ3) is 2.80. The molecule has 0 saturated heterocycles. The Bertz CT molecular complexity index is 967. The summed E-state index contributed by atoms with van der Waals surface area (Å²) in [5.74, 6) is 0.564. The van der Waals surface area contributed by atoms with Gasteiger partial charge in [0.1, 0.15) is 11.3 Å². The summed E-state index contributed by atoms with van der Waals surface area (Å²) in [6.07, 6.45) is 0. The number of amides is 1. The first-order valence-electron chi connectivity index (χ1n) is 7.30. The Labute approximate surface area is 138 Å². The maximum Gasteiger partial charge on any atom is 0.279 e. The molecule has 23 heavy (non-hydrogen) atoms. The normalized spacial score (nSPS) is 11.9. The number of ether oxygens (including phenoxy) is 1. The third-order valence-electron chi connectivity index (χ3n) is 3.83. The Kier molecular flexibility index (Phi) is 4.05.